The van der Waals surface area contributed by atoms with Gasteiger partial charge in [-0.1, -0.05) is 61.8 Å². The lowest BCUT2D eigenvalue weighted by Gasteiger charge is -2.13. The Labute approximate surface area is 138 Å². The molecule has 0 spiro atoms. The topological polar surface area (TPSA) is 29.1 Å². The Balaban J connectivity index is 1.96. The first-order valence-corrected chi connectivity index (χ1v) is 8.34. The van der Waals surface area contributed by atoms with Crippen molar-refractivity contribution < 1.29 is 4.79 Å². The van der Waals surface area contributed by atoms with Gasteiger partial charge in [0.25, 0.3) is 5.91 Å². The Morgan fingerprint density at radius 1 is 1.09 bits per heavy atom. The third kappa shape index (κ3) is 2.74. The highest BCUT2D eigenvalue weighted by molar-refractivity contribution is 7.21. The van der Waals surface area contributed by atoms with Crippen LogP contribution in [0.2, 0.25) is 5.02 Å². The van der Waals surface area contributed by atoms with Gasteiger partial charge in [0.1, 0.15) is 4.88 Å². The van der Waals surface area contributed by atoms with Crippen molar-refractivity contribution in [1.82, 2.24) is 0 Å². The molecule has 1 amide bonds. The van der Waals surface area contributed by atoms with Crippen LogP contribution in [0.5, 0.6) is 0 Å². The summed E-state index contributed by atoms with van der Waals surface area (Å²) in [5, 5.41) is 4.45. The number of thiophene rings is 1. The Kier molecular flexibility index (Phi) is 4.19. The van der Waals surface area contributed by atoms with Crippen LogP contribution in [0.1, 0.15) is 35.0 Å². The molecular formula is C18H16ClNOS. The van der Waals surface area contributed by atoms with Crippen LogP contribution in [0, 0.1) is 0 Å². The van der Waals surface area contributed by atoms with Crippen LogP contribution in [0.4, 0.5) is 5.69 Å². The molecular weight excluding hydrogens is 314 g/mol. The Morgan fingerprint density at radius 3 is 2.50 bits per heavy atom. The highest BCUT2D eigenvalue weighted by atomic mass is 35.5. The summed E-state index contributed by atoms with van der Waals surface area (Å²) >= 11 is 7.79. The molecule has 112 valence electrons. The number of amides is 1. The second-order valence-corrected chi connectivity index (χ2v) is 6.87. The molecule has 3 aromatic rings. The first-order valence-electron chi connectivity index (χ1n) is 7.15. The lowest BCUT2D eigenvalue weighted by Crippen LogP contribution is -2.12. The molecule has 1 aromatic heterocycles. The zero-order valence-electron chi connectivity index (χ0n) is 12.4. The molecule has 22 heavy (non-hydrogen) atoms. The number of hydrogen-bond donors (Lipinski definition) is 1. The third-order valence-electron chi connectivity index (χ3n) is 3.57. The fourth-order valence-electron chi connectivity index (χ4n) is 2.45. The van der Waals surface area contributed by atoms with Gasteiger partial charge in [-0.3, -0.25) is 4.79 Å². The van der Waals surface area contributed by atoms with Gasteiger partial charge >= 0.3 is 0 Å². The maximum Gasteiger partial charge on any atom is 0.267 e. The van der Waals surface area contributed by atoms with Crippen LogP contribution in [0.3, 0.4) is 0 Å². The molecule has 2 nitrogen and oxygen atoms in total. The van der Waals surface area contributed by atoms with Gasteiger partial charge in [0.05, 0.1) is 5.02 Å². The molecule has 0 radical (unpaired) electrons. The molecule has 4 heteroatoms. The van der Waals surface area contributed by atoms with Crippen LogP contribution < -0.4 is 5.32 Å². The first-order chi connectivity index (χ1) is 10.6. The average molecular weight is 330 g/mol. The zero-order chi connectivity index (χ0) is 15.7. The van der Waals surface area contributed by atoms with E-state index in [1.54, 1.807) is 0 Å². The van der Waals surface area contributed by atoms with E-state index in [2.05, 4.69) is 19.2 Å². The number of carbonyl (C=O) groups is 1. The highest BCUT2D eigenvalue weighted by Crippen LogP contribution is 2.36. The second-order valence-electron chi connectivity index (χ2n) is 5.44. The number of rotatable bonds is 3. The zero-order valence-corrected chi connectivity index (χ0v) is 14.0. The van der Waals surface area contributed by atoms with Gasteiger partial charge in [-0.15, -0.1) is 11.3 Å². The van der Waals surface area contributed by atoms with Gasteiger partial charge in [0.2, 0.25) is 0 Å². The predicted molar refractivity (Wildman–Crippen MR) is 95.3 cm³/mol. The van der Waals surface area contributed by atoms with E-state index in [0.29, 0.717) is 15.8 Å². The van der Waals surface area contributed by atoms with E-state index in [4.69, 9.17) is 11.6 Å². The number of benzene rings is 2. The van der Waals surface area contributed by atoms with Crippen LogP contribution in [-0.2, 0) is 0 Å². The molecule has 3 rings (SSSR count). The average Bonchev–Trinajstić information content (AvgIpc) is 2.85. The quantitative estimate of drug-likeness (QED) is 0.634. The minimum Gasteiger partial charge on any atom is -0.321 e. The van der Waals surface area contributed by atoms with Crippen LogP contribution >= 0.6 is 22.9 Å². The fraction of sp³-hybridized carbons (Fsp3) is 0.167. The Hall–Kier alpha value is -1.84. The van der Waals surface area contributed by atoms with E-state index in [-0.39, 0.29) is 5.91 Å². The van der Waals surface area contributed by atoms with Crippen molar-refractivity contribution in [3.8, 4) is 0 Å². The van der Waals surface area contributed by atoms with E-state index in [1.165, 1.54) is 11.3 Å². The molecule has 0 fully saturated rings. The molecule has 1 heterocycles. The standard InChI is InChI=1S/C18H16ClNOS/c1-11(2)12-7-3-5-9-14(12)20-18(21)17-16(19)13-8-4-6-10-15(13)22-17/h3-11H,1-2H3,(H,20,21). The van der Waals surface area contributed by atoms with Crippen LogP contribution in [0.25, 0.3) is 10.1 Å². The molecule has 1 N–H and O–H groups in total. The highest BCUT2D eigenvalue weighted by Gasteiger charge is 2.18. The number of anilines is 1. The van der Waals surface area contributed by atoms with Crippen molar-refractivity contribution in [2.75, 3.05) is 5.32 Å². The number of halogens is 1. The monoisotopic (exact) mass is 329 g/mol. The van der Waals surface area contributed by atoms with Crippen molar-refractivity contribution in [3.05, 3.63) is 64.0 Å². The minimum absolute atomic E-state index is 0.153. The van der Waals surface area contributed by atoms with Crippen molar-refractivity contribution >= 4 is 44.6 Å². The number of nitrogens with one attached hydrogen (secondary N) is 1. The lowest BCUT2D eigenvalue weighted by atomic mass is 10.0. The molecule has 0 aliphatic rings. The van der Waals surface area contributed by atoms with Crippen molar-refractivity contribution in [1.29, 1.82) is 0 Å². The van der Waals surface area contributed by atoms with E-state index in [0.717, 1.165) is 21.3 Å². The number of hydrogen-bond acceptors (Lipinski definition) is 2. The molecule has 0 bridgehead atoms. The maximum absolute atomic E-state index is 12.6. The van der Waals surface area contributed by atoms with E-state index >= 15 is 0 Å². The van der Waals surface area contributed by atoms with Gasteiger partial charge in [0.15, 0.2) is 0 Å². The minimum atomic E-state index is -0.153. The molecule has 0 saturated heterocycles. The molecule has 0 aliphatic heterocycles. The van der Waals surface area contributed by atoms with E-state index < -0.39 is 0 Å². The molecule has 2 aromatic carbocycles. The first kappa shape index (κ1) is 15.1. The van der Waals surface area contributed by atoms with Gasteiger partial charge in [-0.25, -0.2) is 0 Å². The maximum atomic E-state index is 12.6. The van der Waals surface area contributed by atoms with E-state index in [9.17, 15) is 4.79 Å². The summed E-state index contributed by atoms with van der Waals surface area (Å²) in [4.78, 5) is 13.2. The fourth-order valence-corrected chi connectivity index (χ4v) is 3.87. The third-order valence-corrected chi connectivity index (χ3v) is 5.25. The molecule has 0 aliphatic carbocycles. The summed E-state index contributed by atoms with van der Waals surface area (Å²) in [6.07, 6.45) is 0. The SMILES string of the molecule is CC(C)c1ccccc1NC(=O)c1sc2ccccc2c1Cl. The normalized spacial score (nSPS) is 11.1. The van der Waals surface area contributed by atoms with Crippen molar-refractivity contribution in [3.63, 3.8) is 0 Å². The largest absolute Gasteiger partial charge is 0.321 e. The molecule has 0 unspecified atom stereocenters. The summed E-state index contributed by atoms with van der Waals surface area (Å²) in [5.74, 6) is 0.189. The van der Waals surface area contributed by atoms with Crippen LogP contribution in [-0.4, -0.2) is 5.91 Å². The lowest BCUT2D eigenvalue weighted by molar-refractivity contribution is 0.103. The van der Waals surface area contributed by atoms with Gasteiger partial charge in [-0.05, 0) is 23.6 Å². The summed E-state index contributed by atoms with van der Waals surface area (Å²) in [5.41, 5.74) is 1.96. The molecule has 0 atom stereocenters. The summed E-state index contributed by atoms with van der Waals surface area (Å²) in [6, 6.07) is 15.7. The number of carbonyl (C=O) groups excluding carboxylic acids is 1. The second kappa shape index (κ2) is 6.11. The number of para-hydroxylation sites is 1. The van der Waals surface area contributed by atoms with E-state index in [1.807, 2.05) is 48.5 Å². The van der Waals surface area contributed by atoms with Gasteiger partial charge in [-0.2, -0.15) is 0 Å². The summed E-state index contributed by atoms with van der Waals surface area (Å²) in [7, 11) is 0. The Morgan fingerprint density at radius 2 is 1.77 bits per heavy atom. The smallest absolute Gasteiger partial charge is 0.267 e. The molecule has 0 saturated carbocycles. The number of fused-ring (bicyclic) bond motifs is 1. The van der Waals surface area contributed by atoms with Crippen molar-refractivity contribution in [2.45, 2.75) is 19.8 Å². The predicted octanol–water partition coefficient (Wildman–Crippen LogP) is 5.93. The van der Waals surface area contributed by atoms with Crippen molar-refractivity contribution in [2.24, 2.45) is 0 Å². The Bertz CT molecular complexity index is 838. The van der Waals surface area contributed by atoms with Gasteiger partial charge < -0.3 is 5.32 Å². The van der Waals surface area contributed by atoms with Gasteiger partial charge in [0, 0.05) is 15.8 Å². The van der Waals surface area contributed by atoms with Crippen LogP contribution in [0.15, 0.2) is 48.5 Å². The summed E-state index contributed by atoms with van der Waals surface area (Å²) < 4.78 is 1.02. The summed E-state index contributed by atoms with van der Waals surface area (Å²) in [6.45, 7) is 4.22.